The first-order chi connectivity index (χ1) is 8.78. The Morgan fingerprint density at radius 3 is 2.53 bits per heavy atom. The number of allylic oxidation sites excluding steroid dienone is 1. The van der Waals surface area contributed by atoms with Crippen LogP contribution in [0.1, 0.15) is 33.6 Å². The molecule has 19 heavy (non-hydrogen) atoms. The lowest BCUT2D eigenvalue weighted by Crippen LogP contribution is -2.32. The molecular formula is C13H18N2O4. The molecule has 0 aliphatic carbocycles. The van der Waals surface area contributed by atoms with E-state index >= 15 is 0 Å². The van der Waals surface area contributed by atoms with E-state index in [4.69, 9.17) is 10.00 Å². The zero-order chi connectivity index (χ0) is 14.6. The Hall–Kier alpha value is -2.03. The zero-order valence-corrected chi connectivity index (χ0v) is 11.6. The lowest BCUT2D eigenvalue weighted by atomic mass is 10.1. The van der Waals surface area contributed by atoms with Gasteiger partial charge in [0.15, 0.2) is 5.57 Å². The minimum absolute atomic E-state index is 0.0821. The number of hydrogen-bond acceptors (Lipinski definition) is 6. The second kappa shape index (κ2) is 5.74. The molecule has 0 saturated carbocycles. The minimum atomic E-state index is -0.678. The monoisotopic (exact) mass is 266 g/mol. The molecule has 0 aromatic heterocycles. The van der Waals surface area contributed by atoms with E-state index in [1.54, 1.807) is 20.8 Å². The number of rotatable bonds is 2. The summed E-state index contributed by atoms with van der Waals surface area (Å²) in [5.41, 5.74) is -0.311. The number of carbonyl (C=O) groups is 2. The molecule has 0 spiro atoms. The maximum atomic E-state index is 11.9. The summed E-state index contributed by atoms with van der Waals surface area (Å²) in [6, 6.07) is 1.33. The van der Waals surface area contributed by atoms with Gasteiger partial charge in [0.05, 0.1) is 7.11 Å². The summed E-state index contributed by atoms with van der Waals surface area (Å²) in [5.74, 6) is -1.08. The molecule has 0 radical (unpaired) electrons. The quantitative estimate of drug-likeness (QED) is 0.456. The van der Waals surface area contributed by atoms with Gasteiger partial charge >= 0.3 is 11.9 Å². The maximum Gasteiger partial charge on any atom is 0.351 e. The summed E-state index contributed by atoms with van der Waals surface area (Å²) in [4.78, 5) is 23.2. The molecule has 6 heteroatoms. The van der Waals surface area contributed by atoms with Crippen LogP contribution in [-0.2, 0) is 19.1 Å². The SMILES string of the molecule is COC(=O)[C@@H]1CC/C(=C(\C#N)C(=O)OC(C)(C)C)N1. The average Bonchev–Trinajstić information content (AvgIpc) is 2.76. The minimum Gasteiger partial charge on any atom is -0.467 e. The second-order valence-corrected chi connectivity index (χ2v) is 5.23. The van der Waals surface area contributed by atoms with Gasteiger partial charge in [-0.2, -0.15) is 5.26 Å². The van der Waals surface area contributed by atoms with Gasteiger partial charge < -0.3 is 14.8 Å². The smallest absolute Gasteiger partial charge is 0.351 e. The van der Waals surface area contributed by atoms with Gasteiger partial charge in [-0.1, -0.05) is 0 Å². The van der Waals surface area contributed by atoms with E-state index in [2.05, 4.69) is 10.1 Å². The van der Waals surface area contributed by atoms with E-state index in [9.17, 15) is 9.59 Å². The fourth-order valence-corrected chi connectivity index (χ4v) is 1.72. The number of carbonyl (C=O) groups excluding carboxylic acids is 2. The van der Waals surface area contributed by atoms with Gasteiger partial charge in [0, 0.05) is 5.70 Å². The normalized spacial score (nSPS) is 21.1. The summed E-state index contributed by atoms with van der Waals surface area (Å²) in [6.45, 7) is 5.18. The molecule has 1 N–H and O–H groups in total. The highest BCUT2D eigenvalue weighted by molar-refractivity contribution is 5.94. The van der Waals surface area contributed by atoms with Gasteiger partial charge in [0.2, 0.25) is 0 Å². The van der Waals surface area contributed by atoms with Crippen molar-refractivity contribution in [2.45, 2.75) is 45.3 Å². The molecule has 1 fully saturated rings. The van der Waals surface area contributed by atoms with Crippen LogP contribution in [0.4, 0.5) is 0 Å². The van der Waals surface area contributed by atoms with Crippen molar-refractivity contribution in [1.29, 1.82) is 5.26 Å². The fraction of sp³-hybridized carbons (Fsp3) is 0.615. The zero-order valence-electron chi connectivity index (χ0n) is 11.6. The van der Waals surface area contributed by atoms with E-state index < -0.39 is 23.6 Å². The number of ether oxygens (including phenoxy) is 2. The van der Waals surface area contributed by atoms with Gasteiger partial charge in [-0.15, -0.1) is 0 Å². The van der Waals surface area contributed by atoms with E-state index in [0.717, 1.165) is 0 Å². The van der Waals surface area contributed by atoms with Crippen molar-refractivity contribution in [2.24, 2.45) is 0 Å². The number of esters is 2. The molecule has 6 nitrogen and oxygen atoms in total. The van der Waals surface area contributed by atoms with Crippen molar-refractivity contribution in [2.75, 3.05) is 7.11 Å². The van der Waals surface area contributed by atoms with E-state index in [1.807, 2.05) is 6.07 Å². The first kappa shape index (κ1) is 15.0. The molecule has 0 aromatic rings. The van der Waals surface area contributed by atoms with Crippen molar-refractivity contribution < 1.29 is 19.1 Å². The third-order valence-electron chi connectivity index (χ3n) is 2.53. The fourth-order valence-electron chi connectivity index (χ4n) is 1.72. The summed E-state index contributed by atoms with van der Waals surface area (Å²) in [5, 5.41) is 11.9. The first-order valence-electron chi connectivity index (χ1n) is 5.99. The molecule has 1 aliphatic heterocycles. The lowest BCUT2D eigenvalue weighted by Gasteiger charge is -2.19. The third-order valence-corrected chi connectivity index (χ3v) is 2.53. The topological polar surface area (TPSA) is 88.4 Å². The van der Waals surface area contributed by atoms with Crippen LogP contribution in [0.5, 0.6) is 0 Å². The molecule has 1 heterocycles. The van der Waals surface area contributed by atoms with Crippen LogP contribution in [0.2, 0.25) is 0 Å². The Bertz CT molecular complexity index is 454. The largest absolute Gasteiger partial charge is 0.467 e. The van der Waals surface area contributed by atoms with Crippen LogP contribution in [0.3, 0.4) is 0 Å². The van der Waals surface area contributed by atoms with Crippen LogP contribution in [0.25, 0.3) is 0 Å². The summed E-state index contributed by atoms with van der Waals surface area (Å²) in [7, 11) is 1.30. The third kappa shape index (κ3) is 3.98. The number of nitriles is 1. The molecule has 0 bridgehead atoms. The molecule has 0 unspecified atom stereocenters. The number of methoxy groups -OCH3 is 1. The molecular weight excluding hydrogens is 248 g/mol. The number of nitrogens with zero attached hydrogens (tertiary/aromatic N) is 1. The van der Waals surface area contributed by atoms with Crippen molar-refractivity contribution in [3.05, 3.63) is 11.3 Å². The molecule has 0 amide bonds. The predicted molar refractivity (Wildman–Crippen MR) is 66.7 cm³/mol. The summed E-state index contributed by atoms with van der Waals surface area (Å²) >= 11 is 0. The lowest BCUT2D eigenvalue weighted by molar-refractivity contribution is -0.149. The standard InChI is InChI=1S/C13H18N2O4/c1-13(2,3)19-11(16)8(7-14)9-5-6-10(15-9)12(17)18-4/h10,15H,5-6H2,1-4H3/b9-8-/t10-/m0/s1. The highest BCUT2D eigenvalue weighted by Gasteiger charge is 2.31. The van der Waals surface area contributed by atoms with Gasteiger partial charge in [-0.3, -0.25) is 0 Å². The van der Waals surface area contributed by atoms with Crippen molar-refractivity contribution >= 4 is 11.9 Å². The Morgan fingerprint density at radius 2 is 2.05 bits per heavy atom. The Kier molecular flexibility index (Phi) is 4.54. The first-order valence-corrected chi connectivity index (χ1v) is 5.99. The van der Waals surface area contributed by atoms with Gasteiger partial charge in [0.25, 0.3) is 0 Å². The number of nitrogens with one attached hydrogen (secondary N) is 1. The molecule has 0 aromatic carbocycles. The molecule has 1 saturated heterocycles. The van der Waals surface area contributed by atoms with Crippen molar-refractivity contribution in [1.82, 2.24) is 5.32 Å². The second-order valence-electron chi connectivity index (χ2n) is 5.23. The van der Waals surface area contributed by atoms with Crippen molar-refractivity contribution in [3.63, 3.8) is 0 Å². The van der Waals surface area contributed by atoms with Gasteiger partial charge in [-0.25, -0.2) is 9.59 Å². The van der Waals surface area contributed by atoms with Gasteiger partial charge in [-0.05, 0) is 33.6 Å². The predicted octanol–water partition coefficient (Wildman–Crippen LogP) is 1.03. The van der Waals surface area contributed by atoms with Gasteiger partial charge in [0.1, 0.15) is 17.7 Å². The van der Waals surface area contributed by atoms with E-state index in [1.165, 1.54) is 7.11 Å². The van der Waals surface area contributed by atoms with E-state index in [-0.39, 0.29) is 5.57 Å². The van der Waals surface area contributed by atoms with Crippen LogP contribution in [0.15, 0.2) is 11.3 Å². The summed E-state index contributed by atoms with van der Waals surface area (Å²) in [6.07, 6.45) is 0.942. The Morgan fingerprint density at radius 1 is 1.42 bits per heavy atom. The molecule has 1 rings (SSSR count). The molecule has 104 valence electrons. The van der Waals surface area contributed by atoms with Crippen LogP contribution >= 0.6 is 0 Å². The van der Waals surface area contributed by atoms with Crippen LogP contribution in [0, 0.1) is 11.3 Å². The van der Waals surface area contributed by atoms with Crippen LogP contribution < -0.4 is 5.32 Å². The molecule has 1 atom stereocenters. The van der Waals surface area contributed by atoms with Crippen molar-refractivity contribution in [3.8, 4) is 6.07 Å². The van der Waals surface area contributed by atoms with Crippen LogP contribution in [-0.4, -0.2) is 30.7 Å². The highest BCUT2D eigenvalue weighted by Crippen LogP contribution is 2.21. The highest BCUT2D eigenvalue weighted by atomic mass is 16.6. The summed E-state index contributed by atoms with van der Waals surface area (Å²) < 4.78 is 9.76. The Balaban J connectivity index is 2.86. The average molecular weight is 266 g/mol. The number of hydrogen-bond donors (Lipinski definition) is 1. The maximum absolute atomic E-state index is 11.9. The Labute approximate surface area is 112 Å². The van der Waals surface area contributed by atoms with E-state index in [0.29, 0.717) is 18.5 Å². The molecule has 1 aliphatic rings.